The van der Waals surface area contributed by atoms with Crippen molar-refractivity contribution in [3.05, 3.63) is 29.8 Å². The molecule has 25 heavy (non-hydrogen) atoms. The molecule has 0 aliphatic carbocycles. The average molecular weight is 360 g/mol. The number of piperazine rings is 1. The highest BCUT2D eigenvalue weighted by atomic mass is 32.2. The fourth-order valence-corrected chi connectivity index (χ4v) is 3.66. The van der Waals surface area contributed by atoms with Crippen molar-refractivity contribution < 1.29 is 9.21 Å². The molecule has 0 saturated carbocycles. The summed E-state index contributed by atoms with van der Waals surface area (Å²) in [6.45, 7) is 10.6. The van der Waals surface area contributed by atoms with Crippen LogP contribution >= 0.6 is 11.8 Å². The Morgan fingerprint density at radius 2 is 2.04 bits per heavy atom. The van der Waals surface area contributed by atoms with E-state index in [-0.39, 0.29) is 11.2 Å². The number of aryl methyl sites for hydroxylation is 1. The van der Waals surface area contributed by atoms with Crippen LogP contribution in [0.25, 0.3) is 11.5 Å². The van der Waals surface area contributed by atoms with Gasteiger partial charge in [-0.1, -0.05) is 36.4 Å². The van der Waals surface area contributed by atoms with Crippen LogP contribution in [0.3, 0.4) is 0 Å². The van der Waals surface area contributed by atoms with Crippen molar-refractivity contribution in [3.63, 3.8) is 0 Å². The molecule has 0 radical (unpaired) electrons. The smallest absolute Gasteiger partial charge is 0.277 e. The van der Waals surface area contributed by atoms with E-state index in [0.29, 0.717) is 11.1 Å². The zero-order chi connectivity index (χ0) is 17.8. The molecule has 1 aromatic carbocycles. The summed E-state index contributed by atoms with van der Waals surface area (Å²) in [7, 11) is 0. The summed E-state index contributed by atoms with van der Waals surface area (Å²) < 4.78 is 5.73. The Morgan fingerprint density at radius 3 is 2.72 bits per heavy atom. The van der Waals surface area contributed by atoms with Crippen LogP contribution in [0.15, 0.2) is 33.9 Å². The Balaban J connectivity index is 1.60. The maximum Gasteiger partial charge on any atom is 0.277 e. The van der Waals surface area contributed by atoms with Gasteiger partial charge in [-0.15, -0.1) is 10.2 Å². The molecule has 134 valence electrons. The van der Waals surface area contributed by atoms with E-state index in [1.165, 1.54) is 11.8 Å². The molecule has 2 heterocycles. The maximum absolute atomic E-state index is 12.6. The maximum atomic E-state index is 12.6. The second-order valence-electron chi connectivity index (χ2n) is 6.26. The predicted octanol–water partition coefficient (Wildman–Crippen LogP) is 2.69. The molecule has 1 saturated heterocycles. The van der Waals surface area contributed by atoms with Crippen molar-refractivity contribution in [1.82, 2.24) is 20.0 Å². The van der Waals surface area contributed by atoms with Crippen molar-refractivity contribution in [2.24, 2.45) is 0 Å². The van der Waals surface area contributed by atoms with E-state index in [1.807, 2.05) is 43.0 Å². The molecular weight excluding hydrogens is 336 g/mol. The lowest BCUT2D eigenvalue weighted by Gasteiger charge is -2.35. The molecule has 7 heteroatoms. The SMILES string of the molecule is CCN1CCN(C(=O)[C@@H](C)Sc2nnc(-c3cccc(C)c3)o2)CC1. The van der Waals surface area contributed by atoms with Gasteiger partial charge in [0.05, 0.1) is 5.25 Å². The lowest BCUT2D eigenvalue weighted by atomic mass is 10.1. The highest BCUT2D eigenvalue weighted by Crippen LogP contribution is 2.27. The van der Waals surface area contributed by atoms with E-state index in [0.717, 1.165) is 43.9 Å². The molecule has 0 bridgehead atoms. The molecule has 1 aliphatic rings. The van der Waals surface area contributed by atoms with E-state index in [4.69, 9.17) is 4.42 Å². The van der Waals surface area contributed by atoms with Crippen molar-refractivity contribution in [3.8, 4) is 11.5 Å². The topological polar surface area (TPSA) is 62.5 Å². The predicted molar refractivity (Wildman–Crippen MR) is 98.5 cm³/mol. The van der Waals surface area contributed by atoms with E-state index >= 15 is 0 Å². The number of aromatic nitrogens is 2. The minimum atomic E-state index is -0.237. The first-order valence-corrected chi connectivity index (χ1v) is 9.53. The van der Waals surface area contributed by atoms with Gasteiger partial charge in [-0.25, -0.2) is 0 Å². The molecule has 1 amide bonds. The van der Waals surface area contributed by atoms with Gasteiger partial charge in [0.15, 0.2) is 0 Å². The Kier molecular flexibility index (Phi) is 5.75. The number of rotatable bonds is 5. The monoisotopic (exact) mass is 360 g/mol. The first kappa shape index (κ1) is 17.9. The third-order valence-corrected chi connectivity index (χ3v) is 5.35. The first-order valence-electron chi connectivity index (χ1n) is 8.65. The fourth-order valence-electron chi connectivity index (χ4n) is 2.90. The van der Waals surface area contributed by atoms with Crippen LogP contribution in [0.2, 0.25) is 0 Å². The van der Waals surface area contributed by atoms with Crippen molar-refractivity contribution in [2.75, 3.05) is 32.7 Å². The zero-order valence-electron chi connectivity index (χ0n) is 14.9. The summed E-state index contributed by atoms with van der Waals surface area (Å²) in [4.78, 5) is 16.9. The molecule has 0 spiro atoms. The van der Waals surface area contributed by atoms with Crippen molar-refractivity contribution >= 4 is 17.7 Å². The van der Waals surface area contributed by atoms with E-state index in [9.17, 15) is 4.79 Å². The lowest BCUT2D eigenvalue weighted by Crippen LogP contribution is -2.50. The van der Waals surface area contributed by atoms with Crippen LogP contribution < -0.4 is 0 Å². The number of carbonyl (C=O) groups excluding carboxylic acids is 1. The van der Waals surface area contributed by atoms with Crippen LogP contribution in [-0.4, -0.2) is 63.9 Å². The minimum absolute atomic E-state index is 0.135. The first-order chi connectivity index (χ1) is 12.1. The lowest BCUT2D eigenvalue weighted by molar-refractivity contribution is -0.132. The molecule has 3 rings (SSSR count). The number of hydrogen-bond donors (Lipinski definition) is 0. The van der Waals surface area contributed by atoms with Gasteiger partial charge in [0.1, 0.15) is 0 Å². The third-order valence-electron chi connectivity index (χ3n) is 4.43. The van der Waals surface area contributed by atoms with Gasteiger partial charge in [-0.2, -0.15) is 0 Å². The number of carbonyl (C=O) groups is 1. The van der Waals surface area contributed by atoms with Crippen LogP contribution in [0.1, 0.15) is 19.4 Å². The largest absolute Gasteiger partial charge is 0.411 e. The molecule has 0 unspecified atom stereocenters. The Hall–Kier alpha value is -1.86. The summed E-state index contributed by atoms with van der Waals surface area (Å²) in [5.74, 6) is 0.624. The molecule has 1 fully saturated rings. The Bertz CT molecular complexity index is 725. The summed E-state index contributed by atoms with van der Waals surface area (Å²) >= 11 is 1.33. The van der Waals surface area contributed by atoms with Crippen LogP contribution in [-0.2, 0) is 4.79 Å². The molecule has 1 aromatic heterocycles. The molecule has 6 nitrogen and oxygen atoms in total. The van der Waals surface area contributed by atoms with Gasteiger partial charge in [0, 0.05) is 31.7 Å². The number of thioether (sulfide) groups is 1. The Labute approximate surface area is 152 Å². The highest BCUT2D eigenvalue weighted by Gasteiger charge is 2.26. The van der Waals surface area contributed by atoms with Gasteiger partial charge in [0.2, 0.25) is 11.8 Å². The van der Waals surface area contributed by atoms with Gasteiger partial charge < -0.3 is 14.2 Å². The number of amides is 1. The fraction of sp³-hybridized carbons (Fsp3) is 0.500. The second-order valence-corrected chi connectivity index (χ2v) is 7.55. The summed E-state index contributed by atoms with van der Waals surface area (Å²) in [5.41, 5.74) is 2.04. The standard InChI is InChI=1S/C18H24N4O2S/c1-4-21-8-10-22(11-9-21)17(23)14(3)25-18-20-19-16(24-18)15-7-5-6-13(2)12-15/h5-7,12,14H,4,8-11H2,1-3H3/t14-/m1/s1. The summed E-state index contributed by atoms with van der Waals surface area (Å²) in [5, 5.41) is 8.38. The van der Waals surface area contributed by atoms with Gasteiger partial charge in [-0.3, -0.25) is 4.79 Å². The van der Waals surface area contributed by atoms with Gasteiger partial charge in [-0.05, 0) is 32.5 Å². The molecule has 2 aromatic rings. The number of nitrogens with zero attached hydrogens (tertiary/aromatic N) is 4. The van der Waals surface area contributed by atoms with Crippen LogP contribution in [0, 0.1) is 6.92 Å². The van der Waals surface area contributed by atoms with Gasteiger partial charge in [0.25, 0.3) is 5.22 Å². The van der Waals surface area contributed by atoms with Gasteiger partial charge >= 0.3 is 0 Å². The number of hydrogen-bond acceptors (Lipinski definition) is 6. The number of benzene rings is 1. The van der Waals surface area contributed by atoms with Crippen LogP contribution in [0.5, 0.6) is 0 Å². The van der Waals surface area contributed by atoms with E-state index < -0.39 is 0 Å². The highest BCUT2D eigenvalue weighted by molar-refractivity contribution is 8.00. The summed E-state index contributed by atoms with van der Waals surface area (Å²) in [6, 6.07) is 7.93. The molecular formula is C18H24N4O2S. The molecule has 1 aliphatic heterocycles. The van der Waals surface area contributed by atoms with E-state index in [1.54, 1.807) is 0 Å². The van der Waals surface area contributed by atoms with Crippen molar-refractivity contribution in [2.45, 2.75) is 31.2 Å². The number of likely N-dealkylation sites (N-methyl/N-ethyl adjacent to an activating group) is 1. The average Bonchev–Trinajstić information content (AvgIpc) is 3.09. The molecule has 1 atom stereocenters. The van der Waals surface area contributed by atoms with Crippen molar-refractivity contribution in [1.29, 1.82) is 0 Å². The molecule has 0 N–H and O–H groups in total. The quantitative estimate of drug-likeness (QED) is 0.764. The Morgan fingerprint density at radius 1 is 1.28 bits per heavy atom. The minimum Gasteiger partial charge on any atom is -0.411 e. The second kappa shape index (κ2) is 8.01. The summed E-state index contributed by atoms with van der Waals surface area (Å²) in [6.07, 6.45) is 0. The normalized spacial score (nSPS) is 16.8. The zero-order valence-corrected chi connectivity index (χ0v) is 15.8. The van der Waals surface area contributed by atoms with Crippen LogP contribution in [0.4, 0.5) is 0 Å². The van der Waals surface area contributed by atoms with E-state index in [2.05, 4.69) is 22.0 Å². The third kappa shape index (κ3) is 4.41.